The molecule has 1 N–H and O–H groups in total. The van der Waals surface area contributed by atoms with Gasteiger partial charge in [-0.15, -0.1) is 0 Å². The summed E-state index contributed by atoms with van der Waals surface area (Å²) in [5.41, 5.74) is 2.60. The van der Waals surface area contributed by atoms with Crippen LogP contribution in [0.1, 0.15) is 27.6 Å². The minimum Gasteiger partial charge on any atom is -0.504 e. The second-order valence-electron chi connectivity index (χ2n) is 6.26. The molecule has 0 fully saturated rings. The number of ether oxygens (including phenoxy) is 2. The average Bonchev–Trinajstić information content (AvgIpc) is 2.71. The van der Waals surface area contributed by atoms with Crippen LogP contribution in [-0.2, 0) is 0 Å². The molecular weight excluding hydrogens is 340 g/mol. The van der Waals surface area contributed by atoms with Crippen LogP contribution in [0.5, 0.6) is 17.2 Å². The lowest BCUT2D eigenvalue weighted by Gasteiger charge is -2.28. The summed E-state index contributed by atoms with van der Waals surface area (Å²) in [4.78, 5) is 13.2. The maximum atomic E-state index is 13.2. The van der Waals surface area contributed by atoms with Gasteiger partial charge < -0.3 is 14.6 Å². The summed E-state index contributed by atoms with van der Waals surface area (Å²) < 4.78 is 11.3. The summed E-state index contributed by atoms with van der Waals surface area (Å²) in [6.45, 7) is 0. The molecule has 0 amide bonds. The summed E-state index contributed by atoms with van der Waals surface area (Å²) in [5, 5.41) is 10.2. The van der Waals surface area contributed by atoms with Crippen LogP contribution in [0.4, 0.5) is 0 Å². The quantitative estimate of drug-likeness (QED) is 0.683. The monoisotopic (exact) mass is 358 g/mol. The topological polar surface area (TPSA) is 55.8 Å². The molecule has 0 aromatic heterocycles. The summed E-state index contributed by atoms with van der Waals surface area (Å²) in [5.74, 6) is 0.737. The van der Waals surface area contributed by atoms with Crippen LogP contribution in [-0.4, -0.2) is 18.0 Å². The maximum Gasteiger partial charge on any atom is 0.196 e. The Bertz CT molecular complexity index is 1000. The highest BCUT2D eigenvalue weighted by molar-refractivity contribution is 6.15. The average molecular weight is 358 g/mol. The van der Waals surface area contributed by atoms with Crippen molar-refractivity contribution in [2.75, 3.05) is 7.11 Å². The van der Waals surface area contributed by atoms with Gasteiger partial charge in [0, 0.05) is 5.57 Å². The molecular formula is C23H18O4. The van der Waals surface area contributed by atoms with Crippen LogP contribution >= 0.6 is 0 Å². The van der Waals surface area contributed by atoms with Gasteiger partial charge in [-0.3, -0.25) is 4.79 Å². The largest absolute Gasteiger partial charge is 0.504 e. The van der Waals surface area contributed by atoms with Gasteiger partial charge >= 0.3 is 0 Å². The SMILES string of the molecule is COc1ccc(C2Oc3c(O)cccc3C(=O)C2=Cc2ccccc2)cc1. The molecule has 4 heteroatoms. The number of carbonyl (C=O) groups excluding carboxylic acids is 1. The Hall–Kier alpha value is -3.53. The van der Waals surface area contributed by atoms with Gasteiger partial charge in [-0.2, -0.15) is 0 Å². The molecule has 0 aliphatic carbocycles. The van der Waals surface area contributed by atoms with E-state index in [2.05, 4.69) is 0 Å². The van der Waals surface area contributed by atoms with Gasteiger partial charge in [0.15, 0.2) is 23.4 Å². The van der Waals surface area contributed by atoms with Gasteiger partial charge in [0.25, 0.3) is 0 Å². The smallest absolute Gasteiger partial charge is 0.196 e. The molecule has 0 radical (unpaired) electrons. The fourth-order valence-electron chi connectivity index (χ4n) is 3.18. The molecule has 0 saturated carbocycles. The van der Waals surface area contributed by atoms with E-state index < -0.39 is 6.10 Å². The molecule has 27 heavy (non-hydrogen) atoms. The second-order valence-corrected chi connectivity index (χ2v) is 6.26. The molecule has 0 spiro atoms. The highest BCUT2D eigenvalue weighted by atomic mass is 16.5. The summed E-state index contributed by atoms with van der Waals surface area (Å²) in [6, 6.07) is 21.8. The number of ketones is 1. The van der Waals surface area contributed by atoms with Crippen LogP contribution in [0.3, 0.4) is 0 Å². The minimum absolute atomic E-state index is 0.0434. The lowest BCUT2D eigenvalue weighted by Crippen LogP contribution is -2.23. The van der Waals surface area contributed by atoms with Gasteiger partial charge in [-0.1, -0.05) is 48.5 Å². The number of para-hydroxylation sites is 1. The van der Waals surface area contributed by atoms with Crippen LogP contribution in [0, 0.1) is 0 Å². The molecule has 134 valence electrons. The van der Waals surface area contributed by atoms with Gasteiger partial charge in [0.05, 0.1) is 12.7 Å². The number of fused-ring (bicyclic) bond motifs is 1. The number of hydrogen-bond donors (Lipinski definition) is 1. The zero-order chi connectivity index (χ0) is 18.8. The number of carbonyl (C=O) groups is 1. The Morgan fingerprint density at radius 1 is 0.963 bits per heavy atom. The summed E-state index contributed by atoms with van der Waals surface area (Å²) in [7, 11) is 1.60. The Morgan fingerprint density at radius 2 is 1.70 bits per heavy atom. The normalized spacial score (nSPS) is 17.3. The van der Waals surface area contributed by atoms with Crippen molar-refractivity contribution in [3.8, 4) is 17.2 Å². The lowest BCUT2D eigenvalue weighted by molar-refractivity contribution is 0.0959. The number of hydrogen-bond acceptors (Lipinski definition) is 4. The minimum atomic E-state index is -0.621. The zero-order valence-electron chi connectivity index (χ0n) is 14.8. The molecule has 4 rings (SSSR count). The number of Topliss-reactive ketones (excluding diaryl/α,β-unsaturated/α-hetero) is 1. The first kappa shape index (κ1) is 16.9. The number of rotatable bonds is 3. The number of aromatic hydroxyl groups is 1. The van der Waals surface area contributed by atoms with Gasteiger partial charge in [0.1, 0.15) is 5.75 Å². The van der Waals surface area contributed by atoms with Crippen molar-refractivity contribution in [1.82, 2.24) is 0 Å². The van der Waals surface area contributed by atoms with Crippen LogP contribution < -0.4 is 9.47 Å². The van der Waals surface area contributed by atoms with Gasteiger partial charge in [-0.25, -0.2) is 0 Å². The predicted molar refractivity (Wildman–Crippen MR) is 103 cm³/mol. The number of phenolic OH excluding ortho intramolecular Hbond substituents is 1. The Labute approximate surface area is 157 Å². The van der Waals surface area contributed by atoms with E-state index in [0.717, 1.165) is 16.9 Å². The fourth-order valence-corrected chi connectivity index (χ4v) is 3.18. The standard InChI is InChI=1S/C23H18O4/c1-26-17-12-10-16(11-13-17)22-19(14-15-6-3-2-4-7-15)21(25)18-8-5-9-20(24)23(18)27-22/h2-14,22,24H,1H3. The molecule has 1 unspecified atom stereocenters. The van der Waals surface area contributed by atoms with E-state index in [4.69, 9.17) is 9.47 Å². The van der Waals surface area contributed by atoms with E-state index in [1.165, 1.54) is 6.07 Å². The van der Waals surface area contributed by atoms with Crippen molar-refractivity contribution in [3.63, 3.8) is 0 Å². The summed E-state index contributed by atoms with van der Waals surface area (Å²) >= 11 is 0. The molecule has 1 aliphatic heterocycles. The Kier molecular flexibility index (Phi) is 4.38. The molecule has 4 nitrogen and oxygen atoms in total. The Balaban J connectivity index is 1.86. The molecule has 3 aromatic rings. The molecule has 1 aliphatic rings. The number of methoxy groups -OCH3 is 1. The van der Waals surface area contributed by atoms with Crippen molar-refractivity contribution >= 4 is 11.9 Å². The van der Waals surface area contributed by atoms with Crippen molar-refractivity contribution < 1.29 is 19.4 Å². The Morgan fingerprint density at radius 3 is 2.41 bits per heavy atom. The molecule has 0 saturated heterocycles. The van der Waals surface area contributed by atoms with Gasteiger partial charge in [0.2, 0.25) is 0 Å². The third kappa shape index (κ3) is 3.17. The van der Waals surface area contributed by atoms with Crippen molar-refractivity contribution in [2.24, 2.45) is 0 Å². The van der Waals surface area contributed by atoms with E-state index in [1.54, 1.807) is 19.2 Å². The van der Waals surface area contributed by atoms with Gasteiger partial charge in [-0.05, 0) is 41.5 Å². The summed E-state index contributed by atoms with van der Waals surface area (Å²) in [6.07, 6.45) is 1.22. The van der Waals surface area contributed by atoms with E-state index in [0.29, 0.717) is 11.1 Å². The van der Waals surface area contributed by atoms with Crippen molar-refractivity contribution in [3.05, 3.63) is 95.1 Å². The first-order chi connectivity index (χ1) is 13.2. The number of benzene rings is 3. The third-order valence-electron chi connectivity index (χ3n) is 4.56. The van der Waals surface area contributed by atoms with Crippen molar-refractivity contribution in [2.45, 2.75) is 6.10 Å². The fraction of sp³-hybridized carbons (Fsp3) is 0.0870. The van der Waals surface area contributed by atoms with E-state index in [1.807, 2.05) is 60.7 Å². The highest BCUT2D eigenvalue weighted by Crippen LogP contribution is 2.43. The first-order valence-corrected chi connectivity index (χ1v) is 8.61. The van der Waals surface area contributed by atoms with Crippen LogP contribution in [0.15, 0.2) is 78.4 Å². The first-order valence-electron chi connectivity index (χ1n) is 8.61. The zero-order valence-corrected chi connectivity index (χ0v) is 14.8. The second kappa shape index (κ2) is 7.00. The highest BCUT2D eigenvalue weighted by Gasteiger charge is 2.34. The maximum absolute atomic E-state index is 13.2. The van der Waals surface area contributed by atoms with Crippen LogP contribution in [0.2, 0.25) is 0 Å². The molecule has 0 bridgehead atoms. The third-order valence-corrected chi connectivity index (χ3v) is 4.56. The number of phenols is 1. The molecule has 1 heterocycles. The van der Waals surface area contributed by atoms with E-state index in [-0.39, 0.29) is 17.3 Å². The van der Waals surface area contributed by atoms with E-state index >= 15 is 0 Å². The molecule has 3 aromatic carbocycles. The van der Waals surface area contributed by atoms with Crippen LogP contribution in [0.25, 0.3) is 6.08 Å². The van der Waals surface area contributed by atoms with Crippen molar-refractivity contribution in [1.29, 1.82) is 0 Å². The van der Waals surface area contributed by atoms with E-state index in [9.17, 15) is 9.90 Å². The predicted octanol–water partition coefficient (Wildman–Crippen LogP) is 4.80. The molecule has 1 atom stereocenters. The lowest BCUT2D eigenvalue weighted by atomic mass is 9.89.